The molecule has 0 fully saturated rings. The number of ether oxygens (including phenoxy) is 4. The van der Waals surface area contributed by atoms with Gasteiger partial charge in [0.2, 0.25) is 6.79 Å². The van der Waals surface area contributed by atoms with Gasteiger partial charge >= 0.3 is 5.97 Å². The predicted octanol–water partition coefficient (Wildman–Crippen LogP) is 2.79. The van der Waals surface area contributed by atoms with Gasteiger partial charge in [0.05, 0.1) is 6.61 Å². The molecule has 0 radical (unpaired) electrons. The van der Waals surface area contributed by atoms with E-state index in [-0.39, 0.29) is 19.2 Å². The van der Waals surface area contributed by atoms with E-state index in [2.05, 4.69) is 4.99 Å². The minimum absolute atomic E-state index is 0.0508. The highest BCUT2D eigenvalue weighted by Crippen LogP contribution is 2.45. The van der Waals surface area contributed by atoms with Crippen LogP contribution in [-0.4, -0.2) is 44.6 Å². The molecule has 2 heterocycles. The van der Waals surface area contributed by atoms with E-state index >= 15 is 0 Å². The van der Waals surface area contributed by atoms with Gasteiger partial charge in [0.15, 0.2) is 17.3 Å². The fraction of sp³-hybridized carbons (Fsp3) is 0.476. The van der Waals surface area contributed by atoms with Crippen molar-refractivity contribution in [3.8, 4) is 11.5 Å². The van der Waals surface area contributed by atoms with E-state index in [1.54, 1.807) is 7.11 Å². The summed E-state index contributed by atoms with van der Waals surface area (Å²) >= 11 is 0. The van der Waals surface area contributed by atoms with Crippen LogP contribution >= 0.6 is 0 Å². The van der Waals surface area contributed by atoms with E-state index in [1.807, 2.05) is 25.1 Å². The first-order valence-corrected chi connectivity index (χ1v) is 9.46. The van der Waals surface area contributed by atoms with Gasteiger partial charge in [-0.05, 0) is 37.5 Å². The third-order valence-corrected chi connectivity index (χ3v) is 5.38. The first kappa shape index (κ1) is 18.7. The highest BCUT2D eigenvalue weighted by Gasteiger charge is 2.43. The molecule has 0 aromatic heterocycles. The molecule has 7 nitrogen and oxygen atoms in total. The molecule has 2 atom stereocenters. The van der Waals surface area contributed by atoms with Gasteiger partial charge in [-0.3, -0.25) is 14.6 Å². The summed E-state index contributed by atoms with van der Waals surface area (Å²) in [6.45, 7) is 2.47. The molecule has 1 unspecified atom stereocenters. The monoisotopic (exact) mass is 385 g/mol. The fourth-order valence-corrected chi connectivity index (χ4v) is 4.09. The smallest absolute Gasteiger partial charge is 0.315 e. The number of hydrogen-bond acceptors (Lipinski definition) is 7. The highest BCUT2D eigenvalue weighted by molar-refractivity contribution is 6.08. The van der Waals surface area contributed by atoms with Gasteiger partial charge in [-0.1, -0.05) is 6.07 Å². The Morgan fingerprint density at radius 2 is 2.04 bits per heavy atom. The Morgan fingerprint density at radius 3 is 2.86 bits per heavy atom. The van der Waals surface area contributed by atoms with Gasteiger partial charge < -0.3 is 18.9 Å². The van der Waals surface area contributed by atoms with Crippen LogP contribution in [0.2, 0.25) is 0 Å². The maximum absolute atomic E-state index is 12.9. The maximum Gasteiger partial charge on any atom is 0.315 e. The van der Waals surface area contributed by atoms with Crippen LogP contribution in [0.25, 0.3) is 0 Å². The number of carbonyl (C=O) groups is 2. The Bertz CT molecular complexity index is 872. The van der Waals surface area contributed by atoms with Gasteiger partial charge in [0, 0.05) is 36.4 Å². The molecule has 1 aromatic rings. The van der Waals surface area contributed by atoms with Gasteiger partial charge in [0.25, 0.3) is 0 Å². The molecule has 0 spiro atoms. The summed E-state index contributed by atoms with van der Waals surface area (Å²) in [6.07, 6.45) is 2.00. The number of allylic oxidation sites excluding steroid dienone is 2. The number of ketones is 1. The molecule has 2 aliphatic heterocycles. The van der Waals surface area contributed by atoms with Crippen molar-refractivity contribution >= 4 is 17.5 Å². The van der Waals surface area contributed by atoms with Crippen molar-refractivity contribution in [2.75, 3.05) is 27.1 Å². The SMILES string of the molecule is COCCOC(=O)C1C(C)=NC2=C(C(=O)CCC2)[C@H]1c1ccc2c(c1)OCO2. The lowest BCUT2D eigenvalue weighted by atomic mass is 9.71. The first-order valence-electron chi connectivity index (χ1n) is 9.46. The number of fused-ring (bicyclic) bond motifs is 1. The minimum Gasteiger partial charge on any atom is -0.463 e. The van der Waals surface area contributed by atoms with Crippen molar-refractivity contribution < 1.29 is 28.5 Å². The second-order valence-electron chi connectivity index (χ2n) is 7.12. The second-order valence-corrected chi connectivity index (χ2v) is 7.12. The van der Waals surface area contributed by atoms with Crippen LogP contribution in [0.5, 0.6) is 11.5 Å². The molecule has 1 aliphatic carbocycles. The topological polar surface area (TPSA) is 83.4 Å². The summed E-state index contributed by atoms with van der Waals surface area (Å²) in [5.41, 5.74) is 2.91. The summed E-state index contributed by atoms with van der Waals surface area (Å²) in [4.78, 5) is 30.4. The third kappa shape index (κ3) is 3.30. The van der Waals surface area contributed by atoms with Gasteiger partial charge in [-0.2, -0.15) is 0 Å². The summed E-state index contributed by atoms with van der Waals surface area (Å²) < 4.78 is 21.3. The van der Waals surface area contributed by atoms with Crippen molar-refractivity contribution in [1.29, 1.82) is 0 Å². The molecule has 28 heavy (non-hydrogen) atoms. The molecule has 148 valence electrons. The summed E-state index contributed by atoms with van der Waals surface area (Å²) in [5, 5.41) is 0. The van der Waals surface area contributed by atoms with E-state index in [0.717, 1.165) is 24.1 Å². The van der Waals surface area contributed by atoms with Crippen LogP contribution in [0.3, 0.4) is 0 Å². The molecule has 3 aliphatic rings. The largest absolute Gasteiger partial charge is 0.463 e. The van der Waals surface area contributed by atoms with Crippen molar-refractivity contribution in [2.45, 2.75) is 32.1 Å². The zero-order chi connectivity index (χ0) is 19.7. The van der Waals surface area contributed by atoms with Crippen molar-refractivity contribution in [3.05, 3.63) is 35.0 Å². The highest BCUT2D eigenvalue weighted by atomic mass is 16.7. The third-order valence-electron chi connectivity index (χ3n) is 5.38. The molecule has 1 aromatic carbocycles. The normalized spacial score (nSPS) is 23.4. The Labute approximate surface area is 163 Å². The number of benzene rings is 1. The molecule has 0 saturated carbocycles. The maximum atomic E-state index is 12.9. The molecule has 0 N–H and O–H groups in total. The number of hydrogen-bond donors (Lipinski definition) is 0. The lowest BCUT2D eigenvalue weighted by Crippen LogP contribution is -2.37. The molecular weight excluding hydrogens is 362 g/mol. The number of aliphatic imine (C=N–C) groups is 1. The summed E-state index contributed by atoms with van der Waals surface area (Å²) in [6, 6.07) is 5.56. The lowest BCUT2D eigenvalue weighted by Gasteiger charge is -2.34. The zero-order valence-corrected chi connectivity index (χ0v) is 16.0. The standard InChI is InChI=1S/C21H23NO6/c1-12-18(21(24)26-9-8-25-2)19(20-14(22-12)4-3-5-15(20)23)13-6-7-16-17(10-13)28-11-27-16/h6-7,10,18-19H,3-5,8-9,11H2,1-2H3/t18?,19-/m0/s1. The van der Waals surface area contributed by atoms with E-state index < -0.39 is 17.8 Å². The number of carbonyl (C=O) groups excluding carboxylic acids is 2. The summed E-state index contributed by atoms with van der Waals surface area (Å²) in [7, 11) is 1.55. The van der Waals surface area contributed by atoms with Crippen LogP contribution in [0.1, 0.15) is 37.7 Å². The van der Waals surface area contributed by atoms with Crippen molar-refractivity contribution in [1.82, 2.24) is 0 Å². The van der Waals surface area contributed by atoms with Crippen molar-refractivity contribution in [2.24, 2.45) is 10.9 Å². The van der Waals surface area contributed by atoms with E-state index in [4.69, 9.17) is 18.9 Å². The second kappa shape index (κ2) is 7.75. The van der Waals surface area contributed by atoms with E-state index in [1.165, 1.54) is 0 Å². The molecule has 4 rings (SSSR count). The molecule has 7 heteroatoms. The molecule has 0 bridgehead atoms. The fourth-order valence-electron chi connectivity index (χ4n) is 4.09. The Kier molecular flexibility index (Phi) is 5.17. The average Bonchev–Trinajstić information content (AvgIpc) is 3.15. The minimum atomic E-state index is -0.655. The Balaban J connectivity index is 1.76. The van der Waals surface area contributed by atoms with Crippen LogP contribution in [-0.2, 0) is 19.1 Å². The number of nitrogens with zero attached hydrogens (tertiary/aromatic N) is 1. The Hall–Kier alpha value is -2.67. The number of esters is 1. The van der Waals surface area contributed by atoms with Crippen LogP contribution in [0.4, 0.5) is 0 Å². The quantitative estimate of drug-likeness (QED) is 0.573. The lowest BCUT2D eigenvalue weighted by molar-refractivity contribution is -0.147. The van der Waals surface area contributed by atoms with Crippen LogP contribution in [0, 0.1) is 5.92 Å². The van der Waals surface area contributed by atoms with Gasteiger partial charge in [0.1, 0.15) is 12.5 Å². The Morgan fingerprint density at radius 1 is 1.21 bits per heavy atom. The van der Waals surface area contributed by atoms with Crippen LogP contribution in [0.15, 0.2) is 34.5 Å². The molecular formula is C21H23NO6. The van der Waals surface area contributed by atoms with Crippen molar-refractivity contribution in [3.63, 3.8) is 0 Å². The van der Waals surface area contributed by atoms with Gasteiger partial charge in [-0.25, -0.2) is 0 Å². The van der Waals surface area contributed by atoms with Gasteiger partial charge in [-0.15, -0.1) is 0 Å². The molecule has 0 amide bonds. The molecule has 0 saturated heterocycles. The average molecular weight is 385 g/mol. The first-order chi connectivity index (χ1) is 13.6. The van der Waals surface area contributed by atoms with E-state index in [9.17, 15) is 9.59 Å². The number of rotatable bonds is 5. The predicted molar refractivity (Wildman–Crippen MR) is 101 cm³/mol. The number of methoxy groups -OCH3 is 1. The van der Waals surface area contributed by atoms with Crippen LogP contribution < -0.4 is 9.47 Å². The number of Topliss-reactive ketones (excluding diaryl/α,β-unsaturated/α-hetero) is 1. The summed E-state index contributed by atoms with van der Waals surface area (Å²) in [5.74, 6) is -0.161. The van der Waals surface area contributed by atoms with E-state index in [0.29, 0.717) is 35.8 Å². The zero-order valence-electron chi connectivity index (χ0n) is 16.0.